The second-order valence-electron chi connectivity index (χ2n) is 4.23. The molecule has 21 heavy (non-hydrogen) atoms. The van der Waals surface area contributed by atoms with Crippen LogP contribution >= 0.6 is 0 Å². The molecule has 1 rings (SSSR count). The van der Waals surface area contributed by atoms with E-state index in [-0.39, 0.29) is 4.90 Å². The zero-order chi connectivity index (χ0) is 15.9. The first kappa shape index (κ1) is 17.8. The molecular formula is C13H20F2N2O3S. The molecule has 8 heteroatoms. The Bertz CT molecular complexity index is 550. The van der Waals surface area contributed by atoms with Gasteiger partial charge in [0, 0.05) is 12.1 Å². The molecule has 0 atom stereocenters. The number of hydrogen-bond acceptors (Lipinski definition) is 4. The van der Waals surface area contributed by atoms with E-state index in [1.807, 2.05) is 18.6 Å². The Hall–Kier alpha value is -1.25. The number of benzene rings is 1. The van der Waals surface area contributed by atoms with Crippen molar-refractivity contribution < 1.29 is 21.9 Å². The smallest absolute Gasteiger partial charge is 0.251 e. The summed E-state index contributed by atoms with van der Waals surface area (Å²) < 4.78 is 55.4. The summed E-state index contributed by atoms with van der Waals surface area (Å²) in [6.07, 6.45) is -2.73. The van der Waals surface area contributed by atoms with E-state index in [4.69, 9.17) is 4.74 Å². The predicted octanol–water partition coefficient (Wildman–Crippen LogP) is 1.74. The van der Waals surface area contributed by atoms with Crippen LogP contribution in [0.15, 0.2) is 23.1 Å². The molecule has 0 radical (unpaired) electrons. The first-order valence-corrected chi connectivity index (χ1v) is 8.13. The summed E-state index contributed by atoms with van der Waals surface area (Å²) >= 11 is 0. The van der Waals surface area contributed by atoms with Crippen LogP contribution in [0.4, 0.5) is 8.78 Å². The molecule has 0 aliphatic heterocycles. The van der Waals surface area contributed by atoms with Crippen LogP contribution < -0.4 is 14.8 Å². The van der Waals surface area contributed by atoms with Crippen molar-refractivity contribution in [3.05, 3.63) is 23.8 Å². The molecule has 0 amide bonds. The monoisotopic (exact) mass is 322 g/mol. The maximum atomic E-state index is 12.1. The highest BCUT2D eigenvalue weighted by atomic mass is 32.2. The lowest BCUT2D eigenvalue weighted by Gasteiger charge is -2.13. The molecule has 0 bridgehead atoms. The summed E-state index contributed by atoms with van der Waals surface area (Å²) in [6.45, 7) is 4.44. The number of sulfonamides is 1. The Kier molecular flexibility index (Phi) is 7.00. The van der Waals surface area contributed by atoms with Crippen molar-refractivity contribution in [1.29, 1.82) is 0 Å². The molecular weight excluding hydrogens is 302 g/mol. The van der Waals surface area contributed by atoms with Crippen molar-refractivity contribution >= 4 is 10.0 Å². The fourth-order valence-electron chi connectivity index (χ4n) is 1.67. The zero-order valence-electron chi connectivity index (χ0n) is 12.0. The minimum absolute atomic E-state index is 0.0560. The lowest BCUT2D eigenvalue weighted by Crippen LogP contribution is -2.28. The van der Waals surface area contributed by atoms with Crippen molar-refractivity contribution in [2.24, 2.45) is 0 Å². The van der Waals surface area contributed by atoms with Crippen LogP contribution in [0.1, 0.15) is 19.4 Å². The summed E-state index contributed by atoms with van der Waals surface area (Å²) in [7, 11) is -3.95. The van der Waals surface area contributed by atoms with Gasteiger partial charge in [-0.1, -0.05) is 6.92 Å². The lowest BCUT2D eigenvalue weighted by molar-refractivity contribution is 0.153. The van der Waals surface area contributed by atoms with Gasteiger partial charge in [-0.25, -0.2) is 21.9 Å². The third-order valence-corrected chi connectivity index (χ3v) is 4.06. The SMILES string of the molecule is CCNCc1cc(S(=O)(=O)NCC(F)F)ccc1OCC. The molecule has 0 fully saturated rings. The summed E-state index contributed by atoms with van der Waals surface area (Å²) in [4.78, 5) is -0.0560. The van der Waals surface area contributed by atoms with Crippen molar-refractivity contribution in [2.75, 3.05) is 19.7 Å². The van der Waals surface area contributed by atoms with E-state index in [2.05, 4.69) is 5.32 Å². The Labute approximate surface area is 123 Å². The van der Waals surface area contributed by atoms with Gasteiger partial charge in [0.15, 0.2) is 0 Å². The van der Waals surface area contributed by atoms with E-state index in [1.165, 1.54) is 18.2 Å². The van der Waals surface area contributed by atoms with Gasteiger partial charge >= 0.3 is 0 Å². The van der Waals surface area contributed by atoms with Crippen LogP contribution in [0.2, 0.25) is 0 Å². The summed E-state index contributed by atoms with van der Waals surface area (Å²) in [5.74, 6) is 0.575. The number of halogens is 2. The second-order valence-corrected chi connectivity index (χ2v) is 5.99. The quantitative estimate of drug-likeness (QED) is 0.727. The van der Waals surface area contributed by atoms with E-state index in [0.29, 0.717) is 31.0 Å². The number of rotatable bonds is 9. The fraction of sp³-hybridized carbons (Fsp3) is 0.538. The largest absolute Gasteiger partial charge is 0.494 e. The van der Waals surface area contributed by atoms with E-state index in [9.17, 15) is 17.2 Å². The van der Waals surface area contributed by atoms with Gasteiger partial charge in [-0.2, -0.15) is 0 Å². The van der Waals surface area contributed by atoms with E-state index in [0.717, 1.165) is 0 Å². The van der Waals surface area contributed by atoms with E-state index in [1.54, 1.807) is 0 Å². The highest BCUT2D eigenvalue weighted by Gasteiger charge is 2.18. The predicted molar refractivity (Wildman–Crippen MR) is 76.2 cm³/mol. The second kappa shape index (κ2) is 8.26. The molecule has 2 N–H and O–H groups in total. The van der Waals surface area contributed by atoms with E-state index >= 15 is 0 Å². The van der Waals surface area contributed by atoms with Crippen molar-refractivity contribution in [3.8, 4) is 5.75 Å². The van der Waals surface area contributed by atoms with Crippen LogP contribution in [-0.4, -0.2) is 34.5 Å². The number of nitrogens with one attached hydrogen (secondary N) is 2. The third kappa shape index (κ3) is 5.56. The Balaban J connectivity index is 3.02. The molecule has 0 aliphatic rings. The van der Waals surface area contributed by atoms with Gasteiger partial charge in [0.2, 0.25) is 10.0 Å². The minimum atomic E-state index is -3.95. The maximum Gasteiger partial charge on any atom is 0.251 e. The molecule has 0 saturated heterocycles. The Morgan fingerprint density at radius 1 is 1.29 bits per heavy atom. The summed E-state index contributed by atoms with van der Waals surface area (Å²) in [6, 6.07) is 4.31. The number of alkyl halides is 2. The van der Waals surface area contributed by atoms with Gasteiger partial charge < -0.3 is 10.1 Å². The third-order valence-electron chi connectivity index (χ3n) is 2.64. The molecule has 0 heterocycles. The lowest BCUT2D eigenvalue weighted by atomic mass is 10.2. The van der Waals surface area contributed by atoms with Crippen LogP contribution in [0.25, 0.3) is 0 Å². The molecule has 0 aromatic heterocycles. The van der Waals surface area contributed by atoms with Crippen molar-refractivity contribution in [3.63, 3.8) is 0 Å². The molecule has 120 valence electrons. The van der Waals surface area contributed by atoms with E-state index < -0.39 is 23.0 Å². The number of ether oxygens (including phenoxy) is 1. The minimum Gasteiger partial charge on any atom is -0.494 e. The first-order chi connectivity index (χ1) is 9.90. The summed E-state index contributed by atoms with van der Waals surface area (Å²) in [5, 5.41) is 3.08. The topological polar surface area (TPSA) is 67.4 Å². The average Bonchev–Trinajstić information content (AvgIpc) is 2.44. The van der Waals surface area contributed by atoms with Gasteiger partial charge in [-0.3, -0.25) is 0 Å². The van der Waals surface area contributed by atoms with Crippen molar-refractivity contribution in [2.45, 2.75) is 31.7 Å². The average molecular weight is 322 g/mol. The van der Waals surface area contributed by atoms with Gasteiger partial charge in [0.25, 0.3) is 6.43 Å². The molecule has 1 aromatic carbocycles. The molecule has 5 nitrogen and oxygen atoms in total. The summed E-state index contributed by atoms with van der Waals surface area (Å²) in [5.41, 5.74) is 0.665. The Morgan fingerprint density at radius 3 is 2.57 bits per heavy atom. The number of hydrogen-bond donors (Lipinski definition) is 2. The normalized spacial score (nSPS) is 11.9. The highest BCUT2D eigenvalue weighted by molar-refractivity contribution is 7.89. The van der Waals surface area contributed by atoms with Gasteiger partial charge in [0.1, 0.15) is 5.75 Å². The standard InChI is InChI=1S/C13H20F2N2O3S/c1-3-16-8-10-7-11(5-6-12(10)20-4-2)21(18,19)17-9-13(14)15/h5-7,13,16-17H,3-4,8-9H2,1-2H3. The highest BCUT2D eigenvalue weighted by Crippen LogP contribution is 2.23. The van der Waals surface area contributed by atoms with Crippen LogP contribution in [-0.2, 0) is 16.6 Å². The zero-order valence-corrected chi connectivity index (χ0v) is 12.8. The fourth-order valence-corrected chi connectivity index (χ4v) is 2.73. The molecule has 0 spiro atoms. The van der Waals surface area contributed by atoms with Crippen molar-refractivity contribution in [1.82, 2.24) is 10.0 Å². The van der Waals surface area contributed by atoms with Gasteiger partial charge in [-0.05, 0) is 31.7 Å². The Morgan fingerprint density at radius 2 is 2.00 bits per heavy atom. The molecule has 0 unspecified atom stereocenters. The van der Waals surface area contributed by atoms with Crippen LogP contribution in [0, 0.1) is 0 Å². The van der Waals surface area contributed by atoms with Gasteiger partial charge in [-0.15, -0.1) is 0 Å². The molecule has 0 saturated carbocycles. The molecule has 1 aromatic rings. The van der Waals surface area contributed by atoms with Gasteiger partial charge in [0.05, 0.1) is 18.0 Å². The molecule has 0 aliphatic carbocycles. The van der Waals surface area contributed by atoms with Crippen LogP contribution in [0.3, 0.4) is 0 Å². The first-order valence-electron chi connectivity index (χ1n) is 6.65. The van der Waals surface area contributed by atoms with Crippen LogP contribution in [0.5, 0.6) is 5.75 Å². The maximum absolute atomic E-state index is 12.1.